The molecule has 0 spiro atoms. The first-order chi connectivity index (χ1) is 12.3. The molecule has 2 amide bonds. The fourth-order valence-electron chi connectivity index (χ4n) is 2.72. The van der Waals surface area contributed by atoms with Crippen molar-refractivity contribution in [3.05, 3.63) is 59.4 Å². The largest absolute Gasteiger partial charge is 0.451 e. The van der Waals surface area contributed by atoms with Crippen molar-refractivity contribution in [3.63, 3.8) is 0 Å². The van der Waals surface area contributed by atoms with Gasteiger partial charge in [-0.05, 0) is 38.5 Å². The summed E-state index contributed by atoms with van der Waals surface area (Å²) in [5.74, 6) is -0.475. The molecule has 1 heterocycles. The van der Waals surface area contributed by atoms with E-state index in [0.29, 0.717) is 29.3 Å². The van der Waals surface area contributed by atoms with Crippen LogP contribution < -0.4 is 5.32 Å². The highest BCUT2D eigenvalue weighted by Gasteiger charge is 2.24. The number of carbonyl (C=O) groups is 2. The lowest BCUT2D eigenvalue weighted by Gasteiger charge is -2.23. The number of furan rings is 1. The van der Waals surface area contributed by atoms with Gasteiger partial charge in [0, 0.05) is 29.1 Å². The molecule has 0 saturated carbocycles. The average Bonchev–Trinajstić information content (AvgIpc) is 2.90. The molecule has 138 valence electrons. The van der Waals surface area contributed by atoms with E-state index in [0.717, 1.165) is 10.9 Å². The van der Waals surface area contributed by atoms with Crippen molar-refractivity contribution in [1.29, 1.82) is 0 Å². The zero-order valence-electron chi connectivity index (χ0n) is 15.3. The lowest BCUT2D eigenvalue weighted by molar-refractivity contribution is -0.131. The first-order valence-corrected chi connectivity index (χ1v) is 8.68. The number of halogens is 1. The highest BCUT2D eigenvalue weighted by atomic mass is 35.5. The van der Waals surface area contributed by atoms with Crippen LogP contribution in [-0.4, -0.2) is 35.8 Å². The number of fused-ring (bicyclic) bond motifs is 1. The molecule has 0 aliphatic carbocycles. The predicted octanol–water partition coefficient (Wildman–Crippen LogP) is 4.02. The van der Waals surface area contributed by atoms with Gasteiger partial charge in [0.1, 0.15) is 11.6 Å². The van der Waals surface area contributed by atoms with Crippen molar-refractivity contribution in [2.45, 2.75) is 26.8 Å². The van der Waals surface area contributed by atoms with Crippen LogP contribution in [0.3, 0.4) is 0 Å². The van der Waals surface area contributed by atoms with Gasteiger partial charge in [-0.1, -0.05) is 23.8 Å². The van der Waals surface area contributed by atoms with E-state index in [4.69, 9.17) is 16.0 Å². The molecule has 2 aromatic rings. The molecule has 1 aromatic heterocycles. The molecule has 1 N–H and O–H groups in total. The molecule has 1 aromatic carbocycles. The smallest absolute Gasteiger partial charge is 0.287 e. The third kappa shape index (κ3) is 3.99. The van der Waals surface area contributed by atoms with E-state index >= 15 is 0 Å². The van der Waals surface area contributed by atoms with Gasteiger partial charge in [0.2, 0.25) is 5.91 Å². The predicted molar refractivity (Wildman–Crippen MR) is 105 cm³/mol. The Hall–Kier alpha value is -2.53. The van der Waals surface area contributed by atoms with Crippen LogP contribution in [0, 0.1) is 13.8 Å². The molecular formula is C20H23ClN2O3. The maximum atomic E-state index is 12.6. The Balaban J connectivity index is 2.22. The van der Waals surface area contributed by atoms with Crippen molar-refractivity contribution >= 4 is 34.4 Å². The molecule has 0 bridgehead atoms. The number of amides is 2. The van der Waals surface area contributed by atoms with Gasteiger partial charge in [-0.25, -0.2) is 0 Å². The van der Waals surface area contributed by atoms with Gasteiger partial charge in [0.15, 0.2) is 5.76 Å². The highest BCUT2D eigenvalue weighted by Crippen LogP contribution is 2.30. The number of aryl methyl sites for hydroxylation is 2. The van der Waals surface area contributed by atoms with Crippen LogP contribution in [0.4, 0.5) is 0 Å². The second kappa shape index (κ2) is 8.23. The van der Waals surface area contributed by atoms with Crippen LogP contribution in [0.1, 0.15) is 28.6 Å². The highest BCUT2D eigenvalue weighted by molar-refractivity contribution is 6.32. The number of hydrogen-bond donors (Lipinski definition) is 1. The number of rotatable bonds is 7. The summed E-state index contributed by atoms with van der Waals surface area (Å²) in [5.41, 5.74) is 2.15. The third-order valence-corrected chi connectivity index (χ3v) is 4.56. The van der Waals surface area contributed by atoms with E-state index < -0.39 is 11.9 Å². The summed E-state index contributed by atoms with van der Waals surface area (Å²) in [6.07, 6.45) is 3.26. The molecule has 0 aliphatic rings. The second-order valence-corrected chi connectivity index (χ2v) is 6.58. The zero-order valence-corrected chi connectivity index (χ0v) is 16.0. The zero-order chi connectivity index (χ0) is 19.4. The van der Waals surface area contributed by atoms with Gasteiger partial charge in [0.05, 0.1) is 0 Å². The summed E-state index contributed by atoms with van der Waals surface area (Å²) >= 11 is 6.16. The molecule has 0 fully saturated rings. The lowest BCUT2D eigenvalue weighted by Crippen LogP contribution is -2.47. The molecule has 2 rings (SSSR count). The Kier molecular flexibility index (Phi) is 6.27. The van der Waals surface area contributed by atoms with E-state index in [2.05, 4.69) is 18.5 Å². The number of benzene rings is 1. The van der Waals surface area contributed by atoms with Crippen LogP contribution in [-0.2, 0) is 4.79 Å². The van der Waals surface area contributed by atoms with Gasteiger partial charge in [-0.3, -0.25) is 9.59 Å². The van der Waals surface area contributed by atoms with E-state index in [1.165, 1.54) is 0 Å². The Morgan fingerprint density at radius 1 is 1.27 bits per heavy atom. The normalized spacial score (nSPS) is 11.8. The van der Waals surface area contributed by atoms with Gasteiger partial charge < -0.3 is 14.6 Å². The minimum absolute atomic E-state index is 0.181. The molecule has 1 atom stereocenters. The van der Waals surface area contributed by atoms with Crippen molar-refractivity contribution < 1.29 is 14.0 Å². The quantitative estimate of drug-likeness (QED) is 0.744. The van der Waals surface area contributed by atoms with Crippen molar-refractivity contribution in [2.75, 3.05) is 13.1 Å². The number of nitrogens with one attached hydrogen (secondary N) is 1. The number of hydrogen-bond acceptors (Lipinski definition) is 3. The minimum Gasteiger partial charge on any atom is -0.451 e. The molecule has 0 radical (unpaired) electrons. The van der Waals surface area contributed by atoms with Gasteiger partial charge in [-0.15, -0.1) is 13.2 Å². The van der Waals surface area contributed by atoms with E-state index in [1.807, 2.05) is 6.92 Å². The summed E-state index contributed by atoms with van der Waals surface area (Å²) < 4.78 is 5.70. The van der Waals surface area contributed by atoms with Gasteiger partial charge in [0.25, 0.3) is 5.91 Å². The molecular weight excluding hydrogens is 352 g/mol. The SMILES string of the molecule is C=CCN(CC=C)C(=O)C(C)NC(=O)c1oc2cc(C)c(Cl)cc2c1C. The summed E-state index contributed by atoms with van der Waals surface area (Å²) in [6, 6.07) is 2.87. The Bertz CT molecular complexity index is 860. The Morgan fingerprint density at radius 2 is 1.88 bits per heavy atom. The topological polar surface area (TPSA) is 62.6 Å². The summed E-state index contributed by atoms with van der Waals surface area (Å²) in [6.45, 7) is 13.3. The second-order valence-electron chi connectivity index (χ2n) is 6.17. The molecule has 5 nitrogen and oxygen atoms in total. The van der Waals surface area contributed by atoms with Gasteiger partial charge >= 0.3 is 0 Å². The lowest BCUT2D eigenvalue weighted by atomic mass is 10.1. The number of nitrogens with zero attached hydrogens (tertiary/aromatic N) is 1. The maximum absolute atomic E-state index is 12.6. The first-order valence-electron chi connectivity index (χ1n) is 8.30. The average molecular weight is 375 g/mol. The van der Waals surface area contributed by atoms with Crippen LogP contribution in [0.2, 0.25) is 5.02 Å². The van der Waals surface area contributed by atoms with Crippen molar-refractivity contribution in [1.82, 2.24) is 10.2 Å². The Labute approximate surface area is 158 Å². The van der Waals surface area contributed by atoms with Crippen LogP contribution in [0.25, 0.3) is 11.0 Å². The molecule has 0 aliphatic heterocycles. The summed E-state index contributed by atoms with van der Waals surface area (Å²) in [7, 11) is 0. The standard InChI is InChI=1S/C20H23ClN2O3/c1-6-8-23(9-7-2)20(25)14(5)22-19(24)18-13(4)15-11-16(21)12(3)10-17(15)26-18/h6-7,10-11,14H,1-2,8-9H2,3-5H3,(H,22,24). The minimum atomic E-state index is -0.708. The van der Waals surface area contributed by atoms with Crippen molar-refractivity contribution in [3.8, 4) is 0 Å². The van der Waals surface area contributed by atoms with E-state index in [-0.39, 0.29) is 11.7 Å². The van der Waals surface area contributed by atoms with Gasteiger partial charge in [-0.2, -0.15) is 0 Å². The molecule has 26 heavy (non-hydrogen) atoms. The van der Waals surface area contributed by atoms with Crippen LogP contribution >= 0.6 is 11.6 Å². The first kappa shape index (κ1) is 19.8. The number of carbonyl (C=O) groups excluding carboxylic acids is 2. The fourth-order valence-corrected chi connectivity index (χ4v) is 2.89. The van der Waals surface area contributed by atoms with Crippen LogP contribution in [0.15, 0.2) is 41.9 Å². The van der Waals surface area contributed by atoms with Crippen LogP contribution in [0.5, 0.6) is 0 Å². The summed E-state index contributed by atoms with van der Waals surface area (Å²) in [4.78, 5) is 26.7. The summed E-state index contributed by atoms with van der Waals surface area (Å²) in [5, 5.41) is 4.09. The molecule has 1 unspecified atom stereocenters. The van der Waals surface area contributed by atoms with E-state index in [9.17, 15) is 9.59 Å². The third-order valence-electron chi connectivity index (χ3n) is 4.15. The fraction of sp³-hybridized carbons (Fsp3) is 0.300. The molecule has 0 saturated heterocycles. The molecule has 6 heteroatoms. The monoisotopic (exact) mass is 374 g/mol. The van der Waals surface area contributed by atoms with E-state index in [1.54, 1.807) is 43.0 Å². The van der Waals surface area contributed by atoms with Crippen molar-refractivity contribution in [2.24, 2.45) is 0 Å². The Morgan fingerprint density at radius 3 is 2.46 bits per heavy atom. The maximum Gasteiger partial charge on any atom is 0.287 e.